The maximum atomic E-state index is 13.4. The van der Waals surface area contributed by atoms with Gasteiger partial charge in [-0.05, 0) is 50.2 Å². The van der Waals surface area contributed by atoms with E-state index in [1.54, 1.807) is 11.8 Å². The summed E-state index contributed by atoms with van der Waals surface area (Å²) >= 11 is 5.74. The Kier molecular flexibility index (Phi) is 5.72. The third kappa shape index (κ3) is 4.15. The fourth-order valence-electron chi connectivity index (χ4n) is 3.70. The molecular weight excluding hydrogens is 441 g/mol. The smallest absolute Gasteiger partial charge is 0.255 e. The number of hydrogen-bond donors (Lipinski definition) is 0. The maximum Gasteiger partial charge on any atom is 0.255 e. The van der Waals surface area contributed by atoms with Crippen LogP contribution >= 0.6 is 11.6 Å². The summed E-state index contributed by atoms with van der Waals surface area (Å²) in [6.45, 7) is 4.56. The van der Waals surface area contributed by atoms with E-state index in [0.717, 1.165) is 28.6 Å². The van der Waals surface area contributed by atoms with Gasteiger partial charge < -0.3 is 4.90 Å². The van der Waals surface area contributed by atoms with Gasteiger partial charge in [0.2, 0.25) is 10.0 Å². The summed E-state index contributed by atoms with van der Waals surface area (Å²) in [5, 5.41) is 0.646. The number of amides is 1. The standard InChI is InChI=1S/C22H21ClFN3O3S/c1-14-3-6-21-16(11-14)12-18(15(2)25-21)22(28)26-7-9-27(10-8-26)31(29,30)17-4-5-20(24)19(23)13-17/h3-6,11-13H,7-10H2,1-2H3. The number of hydrogen-bond acceptors (Lipinski definition) is 4. The minimum absolute atomic E-state index is 0.0661. The van der Waals surface area contributed by atoms with Crippen LogP contribution in [0.15, 0.2) is 47.4 Å². The molecule has 0 N–H and O–H groups in total. The number of nitrogens with zero attached hydrogens (tertiary/aromatic N) is 3. The second kappa shape index (κ2) is 8.18. The molecule has 1 fully saturated rings. The minimum Gasteiger partial charge on any atom is -0.336 e. The van der Waals surface area contributed by atoms with Crippen molar-refractivity contribution in [3.8, 4) is 0 Å². The number of benzene rings is 2. The van der Waals surface area contributed by atoms with E-state index < -0.39 is 15.8 Å². The highest BCUT2D eigenvalue weighted by atomic mass is 35.5. The lowest BCUT2D eigenvalue weighted by Crippen LogP contribution is -2.50. The number of carbonyl (C=O) groups is 1. The van der Waals surface area contributed by atoms with Crippen molar-refractivity contribution >= 4 is 38.4 Å². The normalized spacial score (nSPS) is 15.4. The fraction of sp³-hybridized carbons (Fsp3) is 0.273. The number of halogens is 2. The van der Waals surface area contributed by atoms with Crippen molar-refractivity contribution in [3.05, 3.63) is 70.1 Å². The summed E-state index contributed by atoms with van der Waals surface area (Å²) in [5.74, 6) is -0.846. The Morgan fingerprint density at radius 3 is 2.42 bits per heavy atom. The van der Waals surface area contributed by atoms with E-state index in [1.807, 2.05) is 31.2 Å². The molecule has 1 aliphatic rings. The monoisotopic (exact) mass is 461 g/mol. The Morgan fingerprint density at radius 2 is 1.74 bits per heavy atom. The molecule has 2 heterocycles. The molecule has 0 bridgehead atoms. The Labute approximate surface area is 185 Å². The lowest BCUT2D eigenvalue weighted by molar-refractivity contribution is 0.0697. The van der Waals surface area contributed by atoms with E-state index in [-0.39, 0.29) is 42.0 Å². The highest BCUT2D eigenvalue weighted by Gasteiger charge is 2.31. The van der Waals surface area contributed by atoms with Gasteiger partial charge in [0.15, 0.2) is 0 Å². The number of pyridine rings is 1. The Bertz CT molecular complexity index is 1290. The Hall–Kier alpha value is -2.55. The van der Waals surface area contributed by atoms with Gasteiger partial charge in [-0.1, -0.05) is 23.2 Å². The average molecular weight is 462 g/mol. The molecule has 0 spiro atoms. The van der Waals surface area contributed by atoms with Gasteiger partial charge in [-0.15, -0.1) is 0 Å². The second-order valence-corrected chi connectivity index (χ2v) is 9.93. The number of sulfonamides is 1. The van der Waals surface area contributed by atoms with E-state index in [4.69, 9.17) is 11.6 Å². The highest BCUT2D eigenvalue weighted by Crippen LogP contribution is 2.24. The molecule has 1 aliphatic heterocycles. The van der Waals surface area contributed by atoms with E-state index >= 15 is 0 Å². The van der Waals surface area contributed by atoms with E-state index in [1.165, 1.54) is 10.4 Å². The van der Waals surface area contributed by atoms with Gasteiger partial charge in [-0.2, -0.15) is 4.31 Å². The predicted molar refractivity (Wildman–Crippen MR) is 117 cm³/mol. The van der Waals surface area contributed by atoms with Crippen molar-refractivity contribution in [3.63, 3.8) is 0 Å². The molecule has 162 valence electrons. The molecule has 2 aromatic carbocycles. The first-order valence-electron chi connectivity index (χ1n) is 9.79. The van der Waals surface area contributed by atoms with Gasteiger partial charge in [0.05, 0.1) is 26.7 Å². The second-order valence-electron chi connectivity index (χ2n) is 7.59. The molecular formula is C22H21ClFN3O3S. The van der Waals surface area contributed by atoms with Crippen molar-refractivity contribution in [2.45, 2.75) is 18.7 Å². The van der Waals surface area contributed by atoms with Crippen LogP contribution in [0.3, 0.4) is 0 Å². The van der Waals surface area contributed by atoms with Gasteiger partial charge >= 0.3 is 0 Å². The molecule has 6 nitrogen and oxygen atoms in total. The van der Waals surface area contributed by atoms with Crippen molar-refractivity contribution in [1.82, 2.24) is 14.2 Å². The summed E-state index contributed by atoms with van der Waals surface area (Å²) in [6.07, 6.45) is 0. The van der Waals surface area contributed by atoms with Gasteiger partial charge in [0, 0.05) is 31.6 Å². The van der Waals surface area contributed by atoms with Crippen molar-refractivity contribution in [2.75, 3.05) is 26.2 Å². The van der Waals surface area contributed by atoms with Gasteiger partial charge in [0.25, 0.3) is 5.91 Å². The van der Waals surface area contributed by atoms with Crippen molar-refractivity contribution in [2.24, 2.45) is 0 Å². The van der Waals surface area contributed by atoms with Crippen LogP contribution < -0.4 is 0 Å². The van der Waals surface area contributed by atoms with Crippen LogP contribution in [-0.4, -0.2) is 54.7 Å². The minimum atomic E-state index is -3.82. The molecule has 1 amide bonds. The molecule has 31 heavy (non-hydrogen) atoms. The van der Waals surface area contributed by atoms with Crippen LogP contribution in [0.4, 0.5) is 4.39 Å². The molecule has 0 saturated carbocycles. The summed E-state index contributed by atoms with van der Waals surface area (Å²) in [4.78, 5) is 19.2. The number of aryl methyl sites for hydroxylation is 2. The molecule has 0 unspecified atom stereocenters. The number of aromatic nitrogens is 1. The summed E-state index contributed by atoms with van der Waals surface area (Å²) < 4.78 is 40.4. The average Bonchev–Trinajstić information content (AvgIpc) is 2.75. The Balaban J connectivity index is 1.52. The first-order valence-corrected chi connectivity index (χ1v) is 11.6. The van der Waals surface area contributed by atoms with Crippen LogP contribution in [0.2, 0.25) is 5.02 Å². The first kappa shape index (κ1) is 21.7. The molecule has 0 atom stereocenters. The summed E-state index contributed by atoms with van der Waals surface area (Å²) in [7, 11) is -3.82. The molecule has 9 heteroatoms. The van der Waals surface area contributed by atoms with Crippen molar-refractivity contribution in [1.29, 1.82) is 0 Å². The summed E-state index contributed by atoms with van der Waals surface area (Å²) in [5.41, 5.74) is 3.06. The van der Waals surface area contributed by atoms with E-state index in [9.17, 15) is 17.6 Å². The zero-order chi connectivity index (χ0) is 22.3. The largest absolute Gasteiger partial charge is 0.336 e. The third-order valence-corrected chi connectivity index (χ3v) is 7.63. The quantitative estimate of drug-likeness (QED) is 0.595. The lowest BCUT2D eigenvalue weighted by atomic mass is 10.1. The van der Waals surface area contributed by atoms with E-state index in [0.29, 0.717) is 11.3 Å². The highest BCUT2D eigenvalue weighted by molar-refractivity contribution is 7.89. The molecule has 0 aliphatic carbocycles. The summed E-state index contributed by atoms with van der Waals surface area (Å²) in [6, 6.07) is 11.1. The molecule has 1 saturated heterocycles. The Morgan fingerprint density at radius 1 is 1.03 bits per heavy atom. The van der Waals surface area contributed by atoms with Crippen LogP contribution in [-0.2, 0) is 10.0 Å². The zero-order valence-corrected chi connectivity index (χ0v) is 18.7. The predicted octanol–water partition coefficient (Wildman–Crippen LogP) is 3.79. The third-order valence-electron chi connectivity index (χ3n) is 5.45. The van der Waals surface area contributed by atoms with Crippen LogP contribution in [0.25, 0.3) is 10.9 Å². The zero-order valence-electron chi connectivity index (χ0n) is 17.1. The number of piperazine rings is 1. The maximum absolute atomic E-state index is 13.4. The van der Waals surface area contributed by atoms with Gasteiger partial charge in [-0.25, -0.2) is 12.8 Å². The lowest BCUT2D eigenvalue weighted by Gasteiger charge is -2.34. The number of fused-ring (bicyclic) bond motifs is 1. The van der Waals surface area contributed by atoms with Gasteiger partial charge in [-0.3, -0.25) is 9.78 Å². The van der Waals surface area contributed by atoms with Crippen LogP contribution in [0.1, 0.15) is 21.6 Å². The molecule has 1 aromatic heterocycles. The molecule has 3 aromatic rings. The van der Waals surface area contributed by atoms with Gasteiger partial charge in [0.1, 0.15) is 5.82 Å². The number of carbonyl (C=O) groups excluding carboxylic acids is 1. The fourth-order valence-corrected chi connectivity index (χ4v) is 5.39. The molecule has 0 radical (unpaired) electrons. The topological polar surface area (TPSA) is 70.6 Å². The van der Waals surface area contributed by atoms with Crippen LogP contribution in [0.5, 0.6) is 0 Å². The molecule has 4 rings (SSSR count). The van der Waals surface area contributed by atoms with Crippen molar-refractivity contribution < 1.29 is 17.6 Å². The SMILES string of the molecule is Cc1ccc2nc(C)c(C(=O)N3CCN(S(=O)(=O)c4ccc(F)c(Cl)c4)CC3)cc2c1. The first-order chi connectivity index (χ1) is 14.7. The van der Waals surface area contributed by atoms with E-state index in [2.05, 4.69) is 4.98 Å². The van der Waals surface area contributed by atoms with Crippen LogP contribution in [0, 0.1) is 19.7 Å². The number of rotatable bonds is 3.